The van der Waals surface area contributed by atoms with E-state index in [1.807, 2.05) is 5.32 Å². The lowest BCUT2D eigenvalue weighted by atomic mass is 9.90. The number of carbonyl (C=O) groups excluding carboxylic acids is 1. The van der Waals surface area contributed by atoms with Crippen LogP contribution in [0, 0.1) is 0 Å². The number of carbonyl (C=O) groups is 1. The van der Waals surface area contributed by atoms with Crippen LogP contribution in [0.15, 0.2) is 37.2 Å². The van der Waals surface area contributed by atoms with Gasteiger partial charge >= 0.3 is 18.4 Å². The minimum atomic E-state index is -4.77. The summed E-state index contributed by atoms with van der Waals surface area (Å²) in [6.45, 7) is -1.55. The SMILES string of the molecule is Nc1ncc(-c2cnc(N(C(=O)NCC(F)(F)F)C3CCC(Nc4ncc(C(F)(F)F)c(-c5n[nH]cc5Cl)n4)CC3)cn2)cn1. The van der Waals surface area contributed by atoms with E-state index < -0.39 is 42.2 Å². The van der Waals surface area contributed by atoms with Crippen LogP contribution in [0.2, 0.25) is 5.02 Å². The molecule has 20 heteroatoms. The van der Waals surface area contributed by atoms with Gasteiger partial charge in [-0.3, -0.25) is 15.0 Å². The summed E-state index contributed by atoms with van der Waals surface area (Å²) in [7, 11) is 0. The topological polar surface area (TPSA) is 176 Å². The Hall–Kier alpha value is -4.81. The minimum Gasteiger partial charge on any atom is -0.368 e. The zero-order valence-corrected chi connectivity index (χ0v) is 23.6. The standard InChI is InChI=1S/C25H23ClF6N12O/c26-16-8-40-43-20(16)19-15(25(30,31)32)7-38-22(42-19)41-13-1-3-14(4-2-13)44(23(45)39-11-24(27,28)29)18-10-34-17(9-35-18)12-5-36-21(33)37-6-12/h5-10,13-14H,1-4,11H2,(H,39,45)(H,40,43)(H2,33,36,37)(H,38,41,42). The lowest BCUT2D eigenvalue weighted by Gasteiger charge is -2.36. The van der Waals surface area contributed by atoms with E-state index in [4.69, 9.17) is 17.3 Å². The zero-order chi connectivity index (χ0) is 32.4. The highest BCUT2D eigenvalue weighted by atomic mass is 35.5. The van der Waals surface area contributed by atoms with E-state index in [0.29, 0.717) is 43.1 Å². The van der Waals surface area contributed by atoms with Gasteiger partial charge in [-0.05, 0) is 25.7 Å². The van der Waals surface area contributed by atoms with Crippen LogP contribution in [0.25, 0.3) is 22.6 Å². The number of hydrogen-bond donors (Lipinski definition) is 4. The highest BCUT2D eigenvalue weighted by Crippen LogP contribution is 2.38. The van der Waals surface area contributed by atoms with Gasteiger partial charge in [0.05, 0.1) is 23.1 Å². The van der Waals surface area contributed by atoms with Crippen LogP contribution in [-0.2, 0) is 6.18 Å². The van der Waals surface area contributed by atoms with Crippen LogP contribution in [0.3, 0.4) is 0 Å². The van der Waals surface area contributed by atoms with E-state index in [2.05, 4.69) is 45.4 Å². The van der Waals surface area contributed by atoms with Crippen molar-refractivity contribution in [3.63, 3.8) is 0 Å². The molecule has 1 saturated carbocycles. The summed E-state index contributed by atoms with van der Waals surface area (Å²) in [5.74, 6) is -0.0421. The van der Waals surface area contributed by atoms with Crippen molar-refractivity contribution in [3.05, 3.63) is 47.8 Å². The molecule has 0 aliphatic heterocycles. The molecule has 45 heavy (non-hydrogen) atoms. The number of hydrogen-bond acceptors (Lipinski definition) is 10. The molecule has 5 N–H and O–H groups in total. The second-order valence-corrected chi connectivity index (χ2v) is 10.3. The molecule has 1 fully saturated rings. The normalized spacial score (nSPS) is 17.1. The lowest BCUT2D eigenvalue weighted by molar-refractivity contribution is -0.137. The number of nitrogens with one attached hydrogen (secondary N) is 3. The second kappa shape index (κ2) is 12.7. The average Bonchev–Trinajstić information content (AvgIpc) is 3.42. The predicted octanol–water partition coefficient (Wildman–Crippen LogP) is 4.87. The Kier molecular flexibility index (Phi) is 8.89. The van der Waals surface area contributed by atoms with Gasteiger partial charge in [0.15, 0.2) is 5.82 Å². The first-order chi connectivity index (χ1) is 21.3. The summed E-state index contributed by atoms with van der Waals surface area (Å²) in [5.41, 5.74) is 4.48. The fourth-order valence-corrected chi connectivity index (χ4v) is 4.91. The Bertz CT molecular complexity index is 1620. The van der Waals surface area contributed by atoms with E-state index in [1.165, 1.54) is 31.0 Å². The molecule has 0 saturated heterocycles. The number of rotatable bonds is 7. The number of urea groups is 1. The molecule has 5 rings (SSSR count). The molecular weight excluding hydrogens is 634 g/mol. The summed E-state index contributed by atoms with van der Waals surface area (Å²) in [5, 5.41) is 11.0. The van der Waals surface area contributed by atoms with Gasteiger partial charge < -0.3 is 16.4 Å². The third-order valence-electron chi connectivity index (χ3n) is 6.82. The van der Waals surface area contributed by atoms with Gasteiger partial charge in [0.1, 0.15) is 23.5 Å². The number of aromatic nitrogens is 8. The number of nitrogen functional groups attached to an aromatic ring is 1. The van der Waals surface area contributed by atoms with E-state index in [-0.39, 0.29) is 34.5 Å². The minimum absolute atomic E-state index is 0.0118. The van der Waals surface area contributed by atoms with E-state index in [0.717, 1.165) is 4.90 Å². The van der Waals surface area contributed by atoms with Crippen molar-refractivity contribution >= 4 is 35.3 Å². The first-order valence-electron chi connectivity index (χ1n) is 13.2. The van der Waals surface area contributed by atoms with Crippen molar-refractivity contribution in [1.29, 1.82) is 0 Å². The van der Waals surface area contributed by atoms with Crippen LogP contribution < -0.4 is 21.3 Å². The summed E-state index contributed by atoms with van der Waals surface area (Å²) in [6.07, 6.45) is -0.828. The van der Waals surface area contributed by atoms with Gasteiger partial charge in [0.25, 0.3) is 0 Å². The Morgan fingerprint density at radius 3 is 2.24 bits per heavy atom. The number of anilines is 3. The fraction of sp³-hybridized carbons (Fsp3) is 0.360. The van der Waals surface area contributed by atoms with E-state index in [1.54, 1.807) is 0 Å². The maximum absolute atomic E-state index is 13.6. The monoisotopic (exact) mass is 656 g/mol. The number of halogens is 7. The van der Waals surface area contributed by atoms with E-state index >= 15 is 0 Å². The number of H-pyrrole nitrogens is 1. The van der Waals surface area contributed by atoms with Crippen molar-refractivity contribution in [2.75, 3.05) is 22.5 Å². The predicted molar refractivity (Wildman–Crippen MR) is 149 cm³/mol. The Labute approximate surface area is 255 Å². The fourth-order valence-electron chi connectivity index (χ4n) is 4.72. The Balaban J connectivity index is 1.32. The smallest absolute Gasteiger partial charge is 0.368 e. The highest BCUT2D eigenvalue weighted by Gasteiger charge is 2.38. The van der Waals surface area contributed by atoms with Gasteiger partial charge in [-0.25, -0.2) is 29.7 Å². The van der Waals surface area contributed by atoms with Gasteiger partial charge in [0.2, 0.25) is 11.9 Å². The molecule has 13 nitrogen and oxygen atoms in total. The van der Waals surface area contributed by atoms with Gasteiger partial charge in [0, 0.05) is 42.4 Å². The maximum atomic E-state index is 13.6. The van der Waals surface area contributed by atoms with Gasteiger partial charge in [-0.1, -0.05) is 11.6 Å². The van der Waals surface area contributed by atoms with Crippen LogP contribution >= 0.6 is 11.6 Å². The molecule has 4 aromatic rings. The average molecular weight is 657 g/mol. The number of nitrogens with two attached hydrogens (primary N) is 1. The molecule has 2 amide bonds. The van der Waals surface area contributed by atoms with Gasteiger partial charge in [-0.15, -0.1) is 0 Å². The highest BCUT2D eigenvalue weighted by molar-refractivity contribution is 6.32. The van der Waals surface area contributed by atoms with Crippen molar-refractivity contribution < 1.29 is 31.1 Å². The summed E-state index contributed by atoms with van der Waals surface area (Å²) < 4.78 is 79.6. The molecule has 1 aliphatic carbocycles. The summed E-state index contributed by atoms with van der Waals surface area (Å²) in [4.78, 5) is 38.3. The van der Waals surface area contributed by atoms with Crippen LogP contribution in [0.1, 0.15) is 31.2 Å². The number of nitrogens with zero attached hydrogens (tertiary/aromatic N) is 8. The largest absolute Gasteiger partial charge is 0.420 e. The quantitative estimate of drug-likeness (QED) is 0.201. The van der Waals surface area contributed by atoms with E-state index in [9.17, 15) is 31.1 Å². The molecule has 0 spiro atoms. The Morgan fingerprint density at radius 2 is 1.67 bits per heavy atom. The Morgan fingerprint density at radius 1 is 0.956 bits per heavy atom. The number of aromatic amines is 1. The van der Waals surface area contributed by atoms with Crippen LogP contribution in [0.4, 0.5) is 48.9 Å². The molecule has 0 atom stereocenters. The van der Waals surface area contributed by atoms with Crippen LogP contribution in [0.5, 0.6) is 0 Å². The number of amides is 2. The van der Waals surface area contributed by atoms with Gasteiger partial charge in [-0.2, -0.15) is 31.4 Å². The molecule has 0 bridgehead atoms. The third kappa shape index (κ3) is 7.65. The third-order valence-corrected chi connectivity index (χ3v) is 7.11. The maximum Gasteiger partial charge on any atom is 0.420 e. The molecule has 4 heterocycles. The van der Waals surface area contributed by atoms with Crippen LogP contribution in [-0.4, -0.2) is 70.9 Å². The molecular formula is C25H23ClF6N12O. The summed E-state index contributed by atoms with van der Waals surface area (Å²) >= 11 is 5.99. The van der Waals surface area contributed by atoms with Crippen molar-refractivity contribution in [2.24, 2.45) is 0 Å². The molecule has 4 aromatic heterocycles. The molecule has 0 unspecified atom stereocenters. The van der Waals surface area contributed by atoms with Crippen molar-refractivity contribution in [2.45, 2.75) is 50.1 Å². The zero-order valence-electron chi connectivity index (χ0n) is 22.9. The molecule has 238 valence electrons. The number of alkyl halides is 6. The lowest BCUT2D eigenvalue weighted by Crippen LogP contribution is -2.50. The van der Waals surface area contributed by atoms with Crippen molar-refractivity contribution in [1.82, 2.24) is 45.4 Å². The summed E-state index contributed by atoms with van der Waals surface area (Å²) in [6, 6.07) is -1.93. The molecule has 1 aliphatic rings. The second-order valence-electron chi connectivity index (χ2n) is 9.92. The molecule has 0 radical (unpaired) electrons. The first kappa shape index (κ1) is 31.6. The first-order valence-corrected chi connectivity index (χ1v) is 13.6. The molecule has 0 aromatic carbocycles. The van der Waals surface area contributed by atoms with Crippen molar-refractivity contribution in [3.8, 4) is 22.6 Å².